The molecule has 1 aromatic heterocycles. The van der Waals surface area contributed by atoms with Gasteiger partial charge in [-0.2, -0.15) is 0 Å². The maximum absolute atomic E-state index is 12.4. The van der Waals surface area contributed by atoms with Gasteiger partial charge in [0, 0.05) is 13.0 Å². The molecule has 3 rings (SSSR count). The van der Waals surface area contributed by atoms with E-state index in [2.05, 4.69) is 10.3 Å². The number of nitrogens with one attached hydrogen (secondary N) is 1. The van der Waals surface area contributed by atoms with Crippen molar-refractivity contribution in [3.63, 3.8) is 0 Å². The van der Waals surface area contributed by atoms with Crippen LogP contribution in [0.1, 0.15) is 24.8 Å². The molecule has 4 nitrogen and oxygen atoms in total. The number of aryl methyl sites for hydroxylation is 1. The SMILES string of the molecule is CC/C(=C\C(=O)Nc1cccc2nc(C)oc12)c1ccccc1. The standard InChI is InChI=1S/C19H18N2O2/c1-3-14(15-8-5-4-6-9-15)12-18(22)21-17-11-7-10-16-19(17)23-13(2)20-16/h4-12H,3H2,1-2H3,(H,21,22)/b14-12+. The van der Waals surface area contributed by atoms with Gasteiger partial charge in [0.15, 0.2) is 11.5 Å². The van der Waals surface area contributed by atoms with E-state index in [1.54, 1.807) is 13.0 Å². The number of benzene rings is 2. The Labute approximate surface area is 134 Å². The largest absolute Gasteiger partial charge is 0.439 e. The van der Waals surface area contributed by atoms with Gasteiger partial charge in [0.25, 0.3) is 0 Å². The molecule has 0 aliphatic carbocycles. The Morgan fingerprint density at radius 2 is 1.96 bits per heavy atom. The number of para-hydroxylation sites is 1. The lowest BCUT2D eigenvalue weighted by atomic mass is 10.0. The first-order chi connectivity index (χ1) is 11.2. The summed E-state index contributed by atoms with van der Waals surface area (Å²) in [5.41, 5.74) is 4.02. The molecular formula is C19H18N2O2. The molecule has 0 aliphatic heterocycles. The third-order valence-electron chi connectivity index (χ3n) is 3.61. The van der Waals surface area contributed by atoms with Gasteiger partial charge in [-0.25, -0.2) is 4.98 Å². The van der Waals surface area contributed by atoms with E-state index in [1.807, 2.05) is 55.5 Å². The summed E-state index contributed by atoms with van der Waals surface area (Å²) in [6.07, 6.45) is 2.42. The van der Waals surface area contributed by atoms with Gasteiger partial charge in [-0.1, -0.05) is 43.3 Å². The first-order valence-corrected chi connectivity index (χ1v) is 7.60. The van der Waals surface area contributed by atoms with Crippen molar-refractivity contribution in [1.29, 1.82) is 0 Å². The summed E-state index contributed by atoms with van der Waals surface area (Å²) in [5, 5.41) is 2.88. The van der Waals surface area contributed by atoms with Crippen LogP contribution in [-0.2, 0) is 4.79 Å². The second-order valence-electron chi connectivity index (χ2n) is 5.27. The van der Waals surface area contributed by atoms with Crippen molar-refractivity contribution in [3.05, 3.63) is 66.1 Å². The van der Waals surface area contributed by atoms with Crippen LogP contribution in [-0.4, -0.2) is 10.9 Å². The lowest BCUT2D eigenvalue weighted by molar-refractivity contribution is -0.111. The Balaban J connectivity index is 1.87. The van der Waals surface area contributed by atoms with Gasteiger partial charge in [-0.05, 0) is 29.7 Å². The average Bonchev–Trinajstić information content (AvgIpc) is 2.95. The van der Waals surface area contributed by atoms with Gasteiger partial charge >= 0.3 is 0 Å². The van der Waals surface area contributed by atoms with Gasteiger partial charge in [0.05, 0.1) is 5.69 Å². The molecule has 4 heteroatoms. The maximum atomic E-state index is 12.4. The molecule has 0 atom stereocenters. The number of carbonyl (C=O) groups is 1. The van der Waals surface area contributed by atoms with E-state index in [0.717, 1.165) is 23.1 Å². The molecule has 1 amide bonds. The van der Waals surface area contributed by atoms with E-state index < -0.39 is 0 Å². The van der Waals surface area contributed by atoms with Crippen molar-refractivity contribution < 1.29 is 9.21 Å². The lowest BCUT2D eigenvalue weighted by Gasteiger charge is -2.06. The number of hydrogen-bond donors (Lipinski definition) is 1. The summed E-state index contributed by atoms with van der Waals surface area (Å²) < 4.78 is 5.57. The van der Waals surface area contributed by atoms with E-state index in [4.69, 9.17) is 4.42 Å². The number of nitrogens with zero attached hydrogens (tertiary/aromatic N) is 1. The molecule has 0 unspecified atom stereocenters. The number of fused-ring (bicyclic) bond motifs is 1. The van der Waals surface area contributed by atoms with Crippen molar-refractivity contribution >= 4 is 28.3 Å². The summed E-state index contributed by atoms with van der Waals surface area (Å²) in [5.74, 6) is 0.406. The molecule has 0 bridgehead atoms. The predicted molar refractivity (Wildman–Crippen MR) is 92.1 cm³/mol. The average molecular weight is 306 g/mol. The second kappa shape index (κ2) is 6.48. The van der Waals surface area contributed by atoms with Gasteiger partial charge in [-0.15, -0.1) is 0 Å². The van der Waals surface area contributed by atoms with Crippen LogP contribution in [0.2, 0.25) is 0 Å². The zero-order valence-electron chi connectivity index (χ0n) is 13.2. The molecular weight excluding hydrogens is 288 g/mol. The Hall–Kier alpha value is -2.88. The summed E-state index contributed by atoms with van der Waals surface area (Å²) in [7, 11) is 0. The van der Waals surface area contributed by atoms with Crippen molar-refractivity contribution in [1.82, 2.24) is 4.98 Å². The fourth-order valence-corrected chi connectivity index (χ4v) is 2.53. The Morgan fingerprint density at radius 3 is 2.70 bits per heavy atom. The topological polar surface area (TPSA) is 55.1 Å². The smallest absolute Gasteiger partial charge is 0.248 e. The van der Waals surface area contributed by atoms with Crippen LogP contribution in [0.5, 0.6) is 0 Å². The normalized spacial score (nSPS) is 11.7. The quantitative estimate of drug-likeness (QED) is 0.718. The van der Waals surface area contributed by atoms with E-state index in [-0.39, 0.29) is 5.91 Å². The van der Waals surface area contributed by atoms with Crippen LogP contribution in [0.4, 0.5) is 5.69 Å². The maximum Gasteiger partial charge on any atom is 0.248 e. The van der Waals surface area contributed by atoms with E-state index >= 15 is 0 Å². The van der Waals surface area contributed by atoms with Crippen LogP contribution in [0.3, 0.4) is 0 Å². The fraction of sp³-hybridized carbons (Fsp3) is 0.158. The third kappa shape index (κ3) is 3.31. The van der Waals surface area contributed by atoms with Crippen LogP contribution in [0.15, 0.2) is 59.0 Å². The number of allylic oxidation sites excluding steroid dienone is 1. The fourth-order valence-electron chi connectivity index (χ4n) is 2.53. The molecule has 3 aromatic rings. The van der Waals surface area contributed by atoms with Crippen LogP contribution >= 0.6 is 0 Å². The minimum Gasteiger partial charge on any atom is -0.439 e. The predicted octanol–water partition coefficient (Wildman–Crippen LogP) is 4.57. The Morgan fingerprint density at radius 1 is 1.17 bits per heavy atom. The van der Waals surface area contributed by atoms with Gasteiger partial charge < -0.3 is 9.73 Å². The first kappa shape index (κ1) is 15.0. The number of amides is 1. The monoisotopic (exact) mass is 306 g/mol. The minimum atomic E-state index is -0.174. The van der Waals surface area contributed by atoms with Crippen molar-refractivity contribution in [2.24, 2.45) is 0 Å². The molecule has 0 spiro atoms. The summed E-state index contributed by atoms with van der Waals surface area (Å²) in [4.78, 5) is 16.6. The van der Waals surface area contributed by atoms with Gasteiger partial charge in [-0.3, -0.25) is 4.79 Å². The highest BCUT2D eigenvalue weighted by Gasteiger charge is 2.10. The first-order valence-electron chi connectivity index (χ1n) is 7.60. The summed E-state index contributed by atoms with van der Waals surface area (Å²) in [6.45, 7) is 3.82. The van der Waals surface area contributed by atoms with Crippen LogP contribution in [0.25, 0.3) is 16.7 Å². The van der Waals surface area contributed by atoms with Crippen LogP contribution in [0, 0.1) is 6.92 Å². The highest BCUT2D eigenvalue weighted by molar-refractivity contribution is 6.07. The summed E-state index contributed by atoms with van der Waals surface area (Å²) in [6, 6.07) is 15.4. The highest BCUT2D eigenvalue weighted by atomic mass is 16.3. The van der Waals surface area contributed by atoms with Gasteiger partial charge in [0.2, 0.25) is 5.91 Å². The van der Waals surface area contributed by atoms with Crippen molar-refractivity contribution in [2.75, 3.05) is 5.32 Å². The molecule has 0 radical (unpaired) electrons. The molecule has 0 saturated heterocycles. The number of anilines is 1. The number of oxazole rings is 1. The molecule has 1 N–H and O–H groups in total. The van der Waals surface area contributed by atoms with Crippen molar-refractivity contribution in [2.45, 2.75) is 20.3 Å². The van der Waals surface area contributed by atoms with E-state index in [1.165, 1.54) is 0 Å². The Bertz CT molecular complexity index is 863. The molecule has 23 heavy (non-hydrogen) atoms. The number of hydrogen-bond acceptors (Lipinski definition) is 3. The molecule has 1 heterocycles. The van der Waals surface area contributed by atoms with E-state index in [9.17, 15) is 4.79 Å². The number of aromatic nitrogens is 1. The minimum absolute atomic E-state index is 0.174. The number of rotatable bonds is 4. The van der Waals surface area contributed by atoms with E-state index in [0.29, 0.717) is 17.2 Å². The number of carbonyl (C=O) groups excluding carboxylic acids is 1. The molecule has 2 aromatic carbocycles. The molecule has 0 saturated carbocycles. The molecule has 0 aliphatic rings. The second-order valence-corrected chi connectivity index (χ2v) is 5.27. The lowest BCUT2D eigenvalue weighted by Crippen LogP contribution is -2.09. The zero-order valence-corrected chi connectivity index (χ0v) is 13.2. The highest BCUT2D eigenvalue weighted by Crippen LogP contribution is 2.24. The van der Waals surface area contributed by atoms with Crippen molar-refractivity contribution in [3.8, 4) is 0 Å². The van der Waals surface area contributed by atoms with Crippen LogP contribution < -0.4 is 5.32 Å². The molecule has 0 fully saturated rings. The third-order valence-corrected chi connectivity index (χ3v) is 3.61. The molecule has 116 valence electrons. The Kier molecular flexibility index (Phi) is 4.24. The summed E-state index contributed by atoms with van der Waals surface area (Å²) >= 11 is 0. The zero-order chi connectivity index (χ0) is 16.2. The van der Waals surface area contributed by atoms with Gasteiger partial charge in [0.1, 0.15) is 5.52 Å².